The molecule has 3 rings (SSSR count). The Morgan fingerprint density at radius 1 is 1.38 bits per heavy atom. The minimum atomic E-state index is 0.599. The highest BCUT2D eigenvalue weighted by Crippen LogP contribution is 2.32. The molecule has 1 aliphatic rings. The van der Waals surface area contributed by atoms with Crippen LogP contribution in [-0.4, -0.2) is 43.1 Å². The lowest BCUT2D eigenvalue weighted by Gasteiger charge is -2.37. The van der Waals surface area contributed by atoms with Gasteiger partial charge in [0.15, 0.2) is 0 Å². The number of hydrogen-bond donors (Lipinski definition) is 1. The molecule has 0 aliphatic carbocycles. The maximum Gasteiger partial charge on any atom is 0.0956 e. The molecule has 2 N–H and O–H groups in total. The predicted molar refractivity (Wildman–Crippen MR) is 92.8 cm³/mol. The second-order valence-corrected chi connectivity index (χ2v) is 6.84. The maximum atomic E-state index is 6.11. The van der Waals surface area contributed by atoms with Gasteiger partial charge in [-0.1, -0.05) is 0 Å². The molecule has 1 fully saturated rings. The summed E-state index contributed by atoms with van der Waals surface area (Å²) in [6.07, 6.45) is 4.32. The number of nitrogens with two attached hydrogens (primary N) is 1. The number of nitrogens with zero attached hydrogens (tertiary/aromatic N) is 3. The van der Waals surface area contributed by atoms with Gasteiger partial charge in [0.25, 0.3) is 0 Å². The van der Waals surface area contributed by atoms with Crippen LogP contribution < -0.4 is 10.6 Å². The van der Waals surface area contributed by atoms with Crippen molar-refractivity contribution in [2.24, 2.45) is 0 Å². The molecule has 0 saturated carbocycles. The Hall–Kier alpha value is -1.33. The highest BCUT2D eigenvalue weighted by atomic mass is 79.9. The molecule has 112 valence electrons. The van der Waals surface area contributed by atoms with E-state index in [4.69, 9.17) is 5.73 Å². The highest BCUT2D eigenvalue weighted by Gasteiger charge is 2.23. The molecule has 2 heterocycles. The molecular formula is C16H21BrN4. The van der Waals surface area contributed by atoms with Crippen LogP contribution in [0, 0.1) is 0 Å². The molecule has 21 heavy (non-hydrogen) atoms. The highest BCUT2D eigenvalue weighted by molar-refractivity contribution is 9.10. The summed E-state index contributed by atoms with van der Waals surface area (Å²) in [5.41, 5.74) is 9.08. The summed E-state index contributed by atoms with van der Waals surface area (Å²) in [5.74, 6) is 0. The van der Waals surface area contributed by atoms with Crippen LogP contribution in [-0.2, 0) is 0 Å². The molecule has 0 bridgehead atoms. The SMILES string of the molecule is CN(C)C1CCCN(c2ccc(N)c3cc(Br)cnc23)C1. The van der Waals surface area contributed by atoms with Gasteiger partial charge in [0, 0.05) is 40.9 Å². The quantitative estimate of drug-likeness (QED) is 0.847. The molecule has 2 aromatic rings. The van der Waals surface area contributed by atoms with Gasteiger partial charge < -0.3 is 15.5 Å². The van der Waals surface area contributed by atoms with E-state index in [1.807, 2.05) is 12.3 Å². The number of benzene rings is 1. The lowest BCUT2D eigenvalue weighted by molar-refractivity contribution is 0.258. The smallest absolute Gasteiger partial charge is 0.0956 e. The van der Waals surface area contributed by atoms with Crippen LogP contribution in [0.4, 0.5) is 11.4 Å². The fourth-order valence-electron chi connectivity index (χ4n) is 3.05. The normalized spacial score (nSPS) is 19.4. The van der Waals surface area contributed by atoms with Gasteiger partial charge in [-0.15, -0.1) is 0 Å². The minimum absolute atomic E-state index is 0.599. The number of likely N-dealkylation sites (N-methyl/N-ethyl adjacent to an activating group) is 1. The van der Waals surface area contributed by atoms with Crippen LogP contribution in [0.15, 0.2) is 28.9 Å². The van der Waals surface area contributed by atoms with Crippen molar-refractivity contribution in [2.75, 3.05) is 37.8 Å². The molecule has 1 saturated heterocycles. The van der Waals surface area contributed by atoms with Crippen LogP contribution in [0.2, 0.25) is 0 Å². The van der Waals surface area contributed by atoms with Crippen LogP contribution >= 0.6 is 15.9 Å². The van der Waals surface area contributed by atoms with Gasteiger partial charge in [0.1, 0.15) is 0 Å². The summed E-state index contributed by atoms with van der Waals surface area (Å²) >= 11 is 3.48. The summed E-state index contributed by atoms with van der Waals surface area (Å²) in [6.45, 7) is 2.13. The monoisotopic (exact) mass is 348 g/mol. The molecule has 1 atom stereocenters. The number of fused-ring (bicyclic) bond motifs is 1. The largest absolute Gasteiger partial charge is 0.398 e. The lowest BCUT2D eigenvalue weighted by Crippen LogP contribution is -2.45. The van der Waals surface area contributed by atoms with Crippen molar-refractivity contribution >= 4 is 38.2 Å². The summed E-state index contributed by atoms with van der Waals surface area (Å²) in [5, 5.41) is 1.02. The van der Waals surface area contributed by atoms with E-state index in [1.165, 1.54) is 18.5 Å². The van der Waals surface area contributed by atoms with E-state index in [1.54, 1.807) is 0 Å². The summed E-state index contributed by atoms with van der Waals surface area (Å²) in [4.78, 5) is 9.36. The Labute approximate surface area is 134 Å². The van der Waals surface area contributed by atoms with E-state index in [0.29, 0.717) is 6.04 Å². The summed E-state index contributed by atoms with van der Waals surface area (Å²) in [7, 11) is 4.31. The number of piperidine rings is 1. The number of pyridine rings is 1. The Kier molecular flexibility index (Phi) is 4.04. The number of halogens is 1. The molecule has 1 unspecified atom stereocenters. The van der Waals surface area contributed by atoms with E-state index in [9.17, 15) is 0 Å². The van der Waals surface area contributed by atoms with Gasteiger partial charge >= 0.3 is 0 Å². The van der Waals surface area contributed by atoms with Gasteiger partial charge in [0.2, 0.25) is 0 Å². The zero-order chi connectivity index (χ0) is 15.0. The average molecular weight is 349 g/mol. The molecule has 0 radical (unpaired) electrons. The van der Waals surface area contributed by atoms with E-state index in [2.05, 4.69) is 56.9 Å². The zero-order valence-corrected chi connectivity index (χ0v) is 14.1. The van der Waals surface area contributed by atoms with Crippen molar-refractivity contribution in [3.05, 3.63) is 28.9 Å². The van der Waals surface area contributed by atoms with E-state index >= 15 is 0 Å². The fourth-order valence-corrected chi connectivity index (χ4v) is 3.38. The number of anilines is 2. The molecule has 0 spiro atoms. The second-order valence-electron chi connectivity index (χ2n) is 5.93. The predicted octanol–water partition coefficient (Wildman–Crippen LogP) is 3.11. The number of rotatable bonds is 2. The third-order valence-electron chi connectivity index (χ3n) is 4.30. The first kappa shape index (κ1) is 14.6. The van der Waals surface area contributed by atoms with Crippen molar-refractivity contribution in [3.8, 4) is 0 Å². The molecule has 4 nitrogen and oxygen atoms in total. The summed E-state index contributed by atoms with van der Waals surface area (Å²) in [6, 6.07) is 6.75. The molecular weight excluding hydrogens is 328 g/mol. The Morgan fingerprint density at radius 3 is 2.95 bits per heavy atom. The third-order valence-corrected chi connectivity index (χ3v) is 4.73. The Bertz CT molecular complexity index is 656. The van der Waals surface area contributed by atoms with Crippen molar-refractivity contribution in [3.63, 3.8) is 0 Å². The molecule has 1 aliphatic heterocycles. The lowest BCUT2D eigenvalue weighted by atomic mass is 10.0. The standard InChI is InChI=1S/C16H21BrN4/c1-20(2)12-4-3-7-21(10-12)15-6-5-14(18)13-8-11(17)9-19-16(13)15/h5-6,8-9,12H,3-4,7,10,18H2,1-2H3. The molecule has 5 heteroatoms. The first-order valence-electron chi connectivity index (χ1n) is 7.31. The second kappa shape index (κ2) is 5.81. The van der Waals surface area contributed by atoms with Crippen molar-refractivity contribution in [1.82, 2.24) is 9.88 Å². The van der Waals surface area contributed by atoms with E-state index < -0.39 is 0 Å². The zero-order valence-electron chi connectivity index (χ0n) is 12.5. The fraction of sp³-hybridized carbons (Fsp3) is 0.438. The first-order valence-corrected chi connectivity index (χ1v) is 8.10. The Morgan fingerprint density at radius 2 is 2.19 bits per heavy atom. The Balaban J connectivity index is 2.02. The van der Waals surface area contributed by atoms with Gasteiger partial charge in [-0.05, 0) is 61.1 Å². The average Bonchev–Trinajstić information content (AvgIpc) is 2.48. The topological polar surface area (TPSA) is 45.4 Å². The van der Waals surface area contributed by atoms with Crippen LogP contribution in [0.3, 0.4) is 0 Å². The van der Waals surface area contributed by atoms with Gasteiger partial charge in [-0.25, -0.2) is 0 Å². The summed E-state index contributed by atoms with van der Waals surface area (Å²) < 4.78 is 0.962. The molecule has 1 aromatic carbocycles. The van der Waals surface area contributed by atoms with E-state index in [0.717, 1.165) is 34.2 Å². The first-order chi connectivity index (χ1) is 10.1. The maximum absolute atomic E-state index is 6.11. The van der Waals surface area contributed by atoms with Crippen molar-refractivity contribution in [1.29, 1.82) is 0 Å². The number of aromatic nitrogens is 1. The van der Waals surface area contributed by atoms with Gasteiger partial charge in [-0.2, -0.15) is 0 Å². The molecule has 0 amide bonds. The van der Waals surface area contributed by atoms with Crippen LogP contribution in [0.1, 0.15) is 12.8 Å². The number of nitrogen functional groups attached to an aromatic ring is 1. The van der Waals surface area contributed by atoms with Crippen LogP contribution in [0.5, 0.6) is 0 Å². The van der Waals surface area contributed by atoms with Crippen molar-refractivity contribution < 1.29 is 0 Å². The third kappa shape index (κ3) is 2.85. The number of hydrogen-bond acceptors (Lipinski definition) is 4. The van der Waals surface area contributed by atoms with E-state index in [-0.39, 0.29) is 0 Å². The van der Waals surface area contributed by atoms with Gasteiger partial charge in [0.05, 0.1) is 11.2 Å². The minimum Gasteiger partial charge on any atom is -0.398 e. The van der Waals surface area contributed by atoms with Crippen LogP contribution in [0.25, 0.3) is 10.9 Å². The van der Waals surface area contributed by atoms with Crippen molar-refractivity contribution in [2.45, 2.75) is 18.9 Å². The molecule has 1 aromatic heterocycles. The van der Waals surface area contributed by atoms with Gasteiger partial charge in [-0.3, -0.25) is 4.98 Å².